The lowest BCUT2D eigenvalue weighted by molar-refractivity contribution is -0.143. The number of rotatable bonds is 10. The van der Waals surface area contributed by atoms with Crippen molar-refractivity contribution < 1.29 is 29.2 Å². The number of nitrogens with zero attached hydrogens (tertiary/aromatic N) is 1. The standard InChI is InChI=1S/C28H41N5O6/c1-18(2)16-22-28(38)33-15-9-13-23(33)27(37)29-20(12-7-4-8-14-24(34)32-39)25(35)30-21(26(36)31-22)17-19-10-5-3-6-11-19/h3,5-6,10-11,18,20-23,39H,4,7-9,12-17H2,1-2H3,(H,29,37)(H,30,35)(H,31,36)(H,32,34)/t20-,21+,22-,23-/m0/s1. The molecule has 1 aromatic carbocycles. The van der Waals surface area contributed by atoms with E-state index in [1.165, 1.54) is 0 Å². The molecule has 2 heterocycles. The van der Waals surface area contributed by atoms with E-state index in [9.17, 15) is 24.0 Å². The van der Waals surface area contributed by atoms with E-state index in [2.05, 4.69) is 16.0 Å². The van der Waals surface area contributed by atoms with Crippen molar-refractivity contribution in [3.05, 3.63) is 35.9 Å². The number of nitrogens with one attached hydrogen (secondary N) is 4. The summed E-state index contributed by atoms with van der Waals surface area (Å²) in [6.45, 7) is 4.35. The number of fused-ring (bicyclic) bond motifs is 1. The molecule has 0 radical (unpaired) electrons. The average Bonchev–Trinajstić information content (AvgIpc) is 3.40. The molecule has 1 aromatic rings. The normalized spacial score (nSPS) is 24.3. The molecule has 2 aliphatic rings. The Morgan fingerprint density at radius 3 is 2.31 bits per heavy atom. The first kappa shape index (κ1) is 30.1. The number of hydrogen-bond donors (Lipinski definition) is 5. The monoisotopic (exact) mass is 543 g/mol. The van der Waals surface area contributed by atoms with Crippen LogP contribution in [0.5, 0.6) is 0 Å². The fourth-order valence-corrected chi connectivity index (χ4v) is 5.20. The maximum Gasteiger partial charge on any atom is 0.245 e. The van der Waals surface area contributed by atoms with Crippen LogP contribution in [-0.2, 0) is 30.4 Å². The lowest BCUT2D eigenvalue weighted by Crippen LogP contribution is -2.61. The van der Waals surface area contributed by atoms with E-state index in [-0.39, 0.29) is 30.6 Å². The second kappa shape index (κ2) is 14.6. The van der Waals surface area contributed by atoms with Crippen LogP contribution in [0.3, 0.4) is 0 Å². The first-order valence-corrected chi connectivity index (χ1v) is 13.9. The van der Waals surface area contributed by atoms with E-state index in [0.717, 1.165) is 5.56 Å². The van der Waals surface area contributed by atoms with Crippen LogP contribution in [0.4, 0.5) is 0 Å². The molecule has 3 rings (SSSR count). The van der Waals surface area contributed by atoms with E-state index < -0.39 is 41.9 Å². The van der Waals surface area contributed by atoms with Crippen molar-refractivity contribution in [1.29, 1.82) is 0 Å². The molecule has 5 amide bonds. The molecule has 11 nitrogen and oxygen atoms in total. The van der Waals surface area contributed by atoms with Crippen LogP contribution >= 0.6 is 0 Å². The molecule has 0 aromatic heterocycles. The summed E-state index contributed by atoms with van der Waals surface area (Å²) in [4.78, 5) is 66.7. The number of amides is 5. The van der Waals surface area contributed by atoms with Gasteiger partial charge in [-0.15, -0.1) is 0 Å². The number of carbonyl (C=O) groups excluding carboxylic acids is 5. The van der Waals surface area contributed by atoms with Crippen molar-refractivity contribution in [2.45, 2.75) is 95.8 Å². The van der Waals surface area contributed by atoms with Crippen LogP contribution in [0.25, 0.3) is 0 Å². The van der Waals surface area contributed by atoms with Gasteiger partial charge in [0.1, 0.15) is 24.2 Å². The largest absolute Gasteiger partial charge is 0.343 e. The van der Waals surface area contributed by atoms with Crippen molar-refractivity contribution in [2.75, 3.05) is 6.54 Å². The fraction of sp³-hybridized carbons (Fsp3) is 0.607. The van der Waals surface area contributed by atoms with Crippen LogP contribution in [0.2, 0.25) is 0 Å². The zero-order valence-electron chi connectivity index (χ0n) is 22.8. The molecule has 2 saturated heterocycles. The second-order valence-corrected chi connectivity index (χ2v) is 10.8. The van der Waals surface area contributed by atoms with Gasteiger partial charge >= 0.3 is 0 Å². The molecule has 4 atom stereocenters. The maximum absolute atomic E-state index is 13.6. The van der Waals surface area contributed by atoms with E-state index >= 15 is 0 Å². The Morgan fingerprint density at radius 2 is 1.62 bits per heavy atom. The first-order chi connectivity index (χ1) is 18.7. The van der Waals surface area contributed by atoms with Gasteiger partial charge in [0, 0.05) is 19.4 Å². The van der Waals surface area contributed by atoms with Gasteiger partial charge in [0.15, 0.2) is 0 Å². The van der Waals surface area contributed by atoms with Gasteiger partial charge in [-0.05, 0) is 43.6 Å². The van der Waals surface area contributed by atoms with Gasteiger partial charge in [-0.2, -0.15) is 0 Å². The molecule has 0 spiro atoms. The summed E-state index contributed by atoms with van der Waals surface area (Å²) in [7, 11) is 0. The Labute approximate surface area is 229 Å². The van der Waals surface area contributed by atoms with Crippen molar-refractivity contribution in [1.82, 2.24) is 26.3 Å². The number of hydrogen-bond acceptors (Lipinski definition) is 6. The molecule has 11 heteroatoms. The SMILES string of the molecule is CC(C)C[C@@H]1NC(=O)[C@@H](Cc2ccccc2)NC(=O)[C@H](CCCCCC(=O)NO)NC(=O)[C@@H]2CCCN2C1=O. The molecule has 0 unspecified atom stereocenters. The first-order valence-electron chi connectivity index (χ1n) is 13.9. The highest BCUT2D eigenvalue weighted by molar-refractivity contribution is 5.97. The van der Waals surface area contributed by atoms with E-state index in [4.69, 9.17) is 5.21 Å². The number of benzene rings is 1. The van der Waals surface area contributed by atoms with Crippen LogP contribution in [0.15, 0.2) is 30.3 Å². The molecule has 214 valence electrons. The zero-order chi connectivity index (χ0) is 28.4. The number of unbranched alkanes of at least 4 members (excludes halogenated alkanes) is 2. The predicted octanol–water partition coefficient (Wildman–Crippen LogP) is 1.19. The van der Waals surface area contributed by atoms with E-state index in [1.54, 1.807) is 10.4 Å². The Hall–Kier alpha value is -3.47. The van der Waals surface area contributed by atoms with Gasteiger partial charge in [0.05, 0.1) is 0 Å². The molecule has 39 heavy (non-hydrogen) atoms. The maximum atomic E-state index is 13.6. The summed E-state index contributed by atoms with van der Waals surface area (Å²) in [5.41, 5.74) is 2.44. The molecular formula is C28H41N5O6. The Kier molecular flexibility index (Phi) is 11.3. The molecule has 2 fully saturated rings. The smallest absolute Gasteiger partial charge is 0.245 e. The second-order valence-electron chi connectivity index (χ2n) is 10.8. The van der Waals surface area contributed by atoms with E-state index in [0.29, 0.717) is 51.5 Å². The summed E-state index contributed by atoms with van der Waals surface area (Å²) in [6.07, 6.45) is 3.89. The third-order valence-corrected chi connectivity index (χ3v) is 7.23. The highest BCUT2D eigenvalue weighted by Gasteiger charge is 2.40. The van der Waals surface area contributed by atoms with Gasteiger partial charge in [-0.25, -0.2) is 5.48 Å². The van der Waals surface area contributed by atoms with Gasteiger partial charge in [-0.1, -0.05) is 57.0 Å². The quantitative estimate of drug-likeness (QED) is 0.170. The van der Waals surface area contributed by atoms with E-state index in [1.807, 2.05) is 44.2 Å². The average molecular weight is 544 g/mol. The molecule has 0 bridgehead atoms. The highest BCUT2D eigenvalue weighted by atomic mass is 16.5. The molecule has 2 aliphatic heterocycles. The summed E-state index contributed by atoms with van der Waals surface area (Å²) in [5, 5.41) is 17.2. The van der Waals surface area contributed by atoms with Crippen LogP contribution in [0, 0.1) is 5.92 Å². The molecule has 5 N–H and O–H groups in total. The third kappa shape index (κ3) is 8.77. The van der Waals surface area contributed by atoms with Crippen LogP contribution in [0.1, 0.15) is 70.8 Å². The summed E-state index contributed by atoms with van der Waals surface area (Å²) in [5.74, 6) is -1.93. The summed E-state index contributed by atoms with van der Waals surface area (Å²) >= 11 is 0. The highest BCUT2D eigenvalue weighted by Crippen LogP contribution is 2.22. The topological polar surface area (TPSA) is 157 Å². The summed E-state index contributed by atoms with van der Waals surface area (Å²) < 4.78 is 0. The minimum atomic E-state index is -0.941. The Balaban J connectivity index is 1.85. The lowest BCUT2D eigenvalue weighted by Gasteiger charge is -2.33. The molecular weight excluding hydrogens is 502 g/mol. The molecule has 0 aliphatic carbocycles. The predicted molar refractivity (Wildman–Crippen MR) is 143 cm³/mol. The van der Waals surface area contributed by atoms with Crippen molar-refractivity contribution in [3.63, 3.8) is 0 Å². The number of hydroxylamine groups is 1. The van der Waals surface area contributed by atoms with Crippen LogP contribution < -0.4 is 21.4 Å². The van der Waals surface area contributed by atoms with Gasteiger partial charge in [0.2, 0.25) is 29.5 Å². The zero-order valence-corrected chi connectivity index (χ0v) is 22.8. The minimum absolute atomic E-state index is 0.122. The molecule has 0 saturated carbocycles. The van der Waals surface area contributed by atoms with Gasteiger partial charge < -0.3 is 20.9 Å². The number of carbonyl (C=O) groups is 5. The van der Waals surface area contributed by atoms with Crippen LogP contribution in [-0.4, -0.2) is 70.4 Å². The lowest BCUT2D eigenvalue weighted by atomic mass is 9.99. The van der Waals surface area contributed by atoms with Crippen molar-refractivity contribution >= 4 is 29.5 Å². The fourth-order valence-electron chi connectivity index (χ4n) is 5.20. The Morgan fingerprint density at radius 1 is 0.949 bits per heavy atom. The summed E-state index contributed by atoms with van der Waals surface area (Å²) in [6, 6.07) is 5.95. The van der Waals surface area contributed by atoms with Gasteiger partial charge in [-0.3, -0.25) is 29.2 Å². The van der Waals surface area contributed by atoms with Crippen molar-refractivity contribution in [2.24, 2.45) is 5.92 Å². The van der Waals surface area contributed by atoms with Crippen molar-refractivity contribution in [3.8, 4) is 0 Å². The minimum Gasteiger partial charge on any atom is -0.343 e. The Bertz CT molecular complexity index is 1020. The van der Waals surface area contributed by atoms with Gasteiger partial charge in [0.25, 0.3) is 0 Å². The third-order valence-electron chi connectivity index (χ3n) is 7.23.